The molecule has 3 atom stereocenters. The summed E-state index contributed by atoms with van der Waals surface area (Å²) in [7, 11) is 0. The number of allylic oxidation sites excluding steroid dienone is 1. The number of esters is 1. The zero-order chi connectivity index (χ0) is 9.71. The van der Waals surface area contributed by atoms with E-state index in [1.165, 1.54) is 24.8 Å². The van der Waals surface area contributed by atoms with Crippen molar-refractivity contribution in [3.05, 3.63) is 11.1 Å². The third-order valence-electron chi connectivity index (χ3n) is 3.99. The fraction of sp³-hybridized carbons (Fsp3) is 0.750. The van der Waals surface area contributed by atoms with Crippen LogP contribution in [-0.4, -0.2) is 12.1 Å². The van der Waals surface area contributed by atoms with Gasteiger partial charge in [0.25, 0.3) is 0 Å². The van der Waals surface area contributed by atoms with Crippen LogP contribution in [0, 0.1) is 11.8 Å². The number of carbonyl (C=O) groups excluding carboxylic acids is 1. The van der Waals surface area contributed by atoms with E-state index in [2.05, 4.69) is 6.92 Å². The normalized spacial score (nSPS) is 40.9. The number of carbonyl (C=O) groups is 1. The van der Waals surface area contributed by atoms with Gasteiger partial charge in [0.05, 0.1) is 6.42 Å². The second kappa shape index (κ2) is 2.85. The quantitative estimate of drug-likeness (QED) is 0.435. The Bertz CT molecular complexity index is 316. The minimum atomic E-state index is 0.0179. The summed E-state index contributed by atoms with van der Waals surface area (Å²) in [4.78, 5) is 11.2. The second-order valence-electron chi connectivity index (χ2n) is 4.93. The van der Waals surface area contributed by atoms with E-state index in [0.717, 1.165) is 6.42 Å². The van der Waals surface area contributed by atoms with Crippen LogP contribution in [0.5, 0.6) is 0 Å². The Labute approximate surface area is 84.3 Å². The van der Waals surface area contributed by atoms with Crippen LogP contribution < -0.4 is 0 Å². The van der Waals surface area contributed by atoms with Crippen molar-refractivity contribution in [2.45, 2.75) is 45.1 Å². The Kier molecular flexibility index (Phi) is 1.73. The number of ether oxygens (including phenoxy) is 1. The summed E-state index contributed by atoms with van der Waals surface area (Å²) in [6.07, 6.45) is 5.82. The molecule has 1 aliphatic heterocycles. The highest BCUT2D eigenvalue weighted by atomic mass is 16.6. The van der Waals surface area contributed by atoms with Crippen LogP contribution in [-0.2, 0) is 9.53 Å². The molecule has 0 amide bonds. The third kappa shape index (κ3) is 1.06. The molecule has 0 aromatic rings. The molecule has 2 aliphatic carbocycles. The minimum absolute atomic E-state index is 0.0179. The molecule has 14 heavy (non-hydrogen) atoms. The maximum atomic E-state index is 11.2. The van der Waals surface area contributed by atoms with Crippen LogP contribution in [0.25, 0.3) is 0 Å². The molecule has 3 rings (SSSR count). The van der Waals surface area contributed by atoms with Gasteiger partial charge >= 0.3 is 5.97 Å². The molecule has 0 saturated carbocycles. The number of rotatable bonds is 0. The first kappa shape index (κ1) is 8.51. The van der Waals surface area contributed by atoms with Crippen molar-refractivity contribution in [3.63, 3.8) is 0 Å². The lowest BCUT2D eigenvalue weighted by atomic mass is 9.84. The molecule has 1 fully saturated rings. The fourth-order valence-corrected chi connectivity index (χ4v) is 3.39. The predicted octanol–water partition coefficient (Wildman–Crippen LogP) is 2.44. The van der Waals surface area contributed by atoms with Gasteiger partial charge in [0, 0.05) is 5.92 Å². The van der Waals surface area contributed by atoms with Crippen molar-refractivity contribution >= 4 is 5.97 Å². The summed E-state index contributed by atoms with van der Waals surface area (Å²) in [6.45, 7) is 2.28. The highest BCUT2D eigenvalue weighted by Gasteiger charge is 2.45. The largest absolute Gasteiger partial charge is 0.457 e. The van der Waals surface area contributed by atoms with Crippen molar-refractivity contribution in [3.8, 4) is 0 Å². The summed E-state index contributed by atoms with van der Waals surface area (Å²) < 4.78 is 5.43. The minimum Gasteiger partial charge on any atom is -0.457 e. The van der Waals surface area contributed by atoms with Crippen LogP contribution in [0.2, 0.25) is 0 Å². The van der Waals surface area contributed by atoms with Gasteiger partial charge < -0.3 is 4.74 Å². The van der Waals surface area contributed by atoms with Gasteiger partial charge in [-0.2, -0.15) is 0 Å². The van der Waals surface area contributed by atoms with E-state index in [0.29, 0.717) is 18.3 Å². The average molecular weight is 192 g/mol. The molecule has 76 valence electrons. The van der Waals surface area contributed by atoms with Gasteiger partial charge in [-0.05, 0) is 37.2 Å². The van der Waals surface area contributed by atoms with E-state index in [1.54, 1.807) is 5.57 Å². The summed E-state index contributed by atoms with van der Waals surface area (Å²) in [5.41, 5.74) is 3.11. The molecule has 1 heterocycles. The summed E-state index contributed by atoms with van der Waals surface area (Å²) in [6, 6.07) is 0. The Balaban J connectivity index is 1.94. The first-order valence-electron chi connectivity index (χ1n) is 5.67. The van der Waals surface area contributed by atoms with E-state index in [9.17, 15) is 4.79 Å². The second-order valence-corrected chi connectivity index (χ2v) is 4.93. The Hall–Kier alpha value is -0.790. The zero-order valence-electron chi connectivity index (χ0n) is 8.58. The first-order valence-corrected chi connectivity index (χ1v) is 5.67. The lowest BCUT2D eigenvalue weighted by molar-refractivity contribution is -0.140. The first-order chi connectivity index (χ1) is 6.75. The maximum absolute atomic E-state index is 11.2. The van der Waals surface area contributed by atoms with Crippen LogP contribution in [0.3, 0.4) is 0 Å². The van der Waals surface area contributed by atoms with Crippen molar-refractivity contribution in [1.82, 2.24) is 0 Å². The van der Waals surface area contributed by atoms with E-state index in [-0.39, 0.29) is 12.1 Å². The topological polar surface area (TPSA) is 26.3 Å². The molecular weight excluding hydrogens is 176 g/mol. The molecule has 2 heteroatoms. The molecule has 3 aliphatic rings. The lowest BCUT2D eigenvalue weighted by Gasteiger charge is -2.24. The zero-order valence-corrected chi connectivity index (χ0v) is 8.58. The van der Waals surface area contributed by atoms with Gasteiger partial charge in [-0.1, -0.05) is 12.5 Å². The summed E-state index contributed by atoms with van der Waals surface area (Å²) in [5, 5.41) is 0. The van der Waals surface area contributed by atoms with Crippen molar-refractivity contribution in [1.29, 1.82) is 0 Å². The van der Waals surface area contributed by atoms with Crippen molar-refractivity contribution in [2.24, 2.45) is 11.8 Å². The Morgan fingerprint density at radius 2 is 2.21 bits per heavy atom. The highest BCUT2D eigenvalue weighted by molar-refractivity contribution is 5.73. The van der Waals surface area contributed by atoms with Gasteiger partial charge in [-0.15, -0.1) is 0 Å². The van der Waals surface area contributed by atoms with Crippen molar-refractivity contribution < 1.29 is 9.53 Å². The van der Waals surface area contributed by atoms with Gasteiger partial charge in [0.15, 0.2) is 0 Å². The Morgan fingerprint density at radius 1 is 1.36 bits per heavy atom. The van der Waals surface area contributed by atoms with E-state index in [1.807, 2.05) is 0 Å². The monoisotopic (exact) mass is 192 g/mol. The smallest absolute Gasteiger partial charge is 0.306 e. The van der Waals surface area contributed by atoms with E-state index < -0.39 is 0 Å². The molecule has 0 N–H and O–H groups in total. The summed E-state index contributed by atoms with van der Waals surface area (Å²) >= 11 is 0. The number of hydrogen-bond donors (Lipinski definition) is 0. The fourth-order valence-electron chi connectivity index (χ4n) is 3.39. The van der Waals surface area contributed by atoms with Crippen LogP contribution >= 0.6 is 0 Å². The molecule has 2 nitrogen and oxygen atoms in total. The molecule has 0 unspecified atom stereocenters. The lowest BCUT2D eigenvalue weighted by Crippen LogP contribution is -2.19. The third-order valence-corrected chi connectivity index (χ3v) is 3.99. The average Bonchev–Trinajstić information content (AvgIpc) is 2.60. The van der Waals surface area contributed by atoms with Crippen LogP contribution in [0.1, 0.15) is 39.0 Å². The number of fused-ring (bicyclic) bond motifs is 2. The Morgan fingerprint density at radius 3 is 3.07 bits per heavy atom. The molecule has 1 saturated heterocycles. The molecule has 0 aromatic carbocycles. The molecular formula is C12H16O2. The van der Waals surface area contributed by atoms with E-state index in [4.69, 9.17) is 4.74 Å². The standard InChI is InChI=1S/C12H16O2/c1-7-3-2-4-8-5-9-6-10(13)14-12(9)11(7)8/h7,9,12H,2-6H2,1H3/t7-,9-,12+/m1/s1. The number of hydrogen-bond acceptors (Lipinski definition) is 2. The molecule has 0 bridgehead atoms. The maximum Gasteiger partial charge on any atom is 0.306 e. The summed E-state index contributed by atoms with van der Waals surface area (Å²) in [5.74, 6) is 1.16. The van der Waals surface area contributed by atoms with Crippen molar-refractivity contribution in [2.75, 3.05) is 0 Å². The van der Waals surface area contributed by atoms with Gasteiger partial charge in [0.2, 0.25) is 0 Å². The van der Waals surface area contributed by atoms with Crippen LogP contribution in [0.4, 0.5) is 0 Å². The van der Waals surface area contributed by atoms with Gasteiger partial charge in [-0.25, -0.2) is 0 Å². The van der Waals surface area contributed by atoms with Crippen LogP contribution in [0.15, 0.2) is 11.1 Å². The SMILES string of the molecule is C[C@@H]1CCCC2=C1[C@H]1OC(=O)C[C@H]1C2. The molecule has 0 aromatic heterocycles. The van der Waals surface area contributed by atoms with Gasteiger partial charge in [0.1, 0.15) is 6.10 Å². The predicted molar refractivity (Wildman–Crippen MR) is 52.6 cm³/mol. The molecule has 0 spiro atoms. The van der Waals surface area contributed by atoms with E-state index >= 15 is 0 Å². The molecule has 0 radical (unpaired) electrons. The van der Waals surface area contributed by atoms with Gasteiger partial charge in [-0.3, -0.25) is 4.79 Å². The highest BCUT2D eigenvalue weighted by Crippen LogP contribution is 2.48.